The summed E-state index contributed by atoms with van der Waals surface area (Å²) in [6.07, 6.45) is 0.0600. The fourth-order valence-corrected chi connectivity index (χ4v) is 5.95. The minimum atomic E-state index is -1.43. The highest BCUT2D eigenvalue weighted by Gasteiger charge is 2.31. The highest BCUT2D eigenvalue weighted by molar-refractivity contribution is 6.06. The van der Waals surface area contributed by atoms with Gasteiger partial charge in [-0.05, 0) is 79.3 Å². The van der Waals surface area contributed by atoms with E-state index in [4.69, 9.17) is 5.73 Å². The monoisotopic (exact) mass is 669 g/mol. The van der Waals surface area contributed by atoms with E-state index in [1.165, 1.54) is 42.5 Å². The van der Waals surface area contributed by atoms with Gasteiger partial charge >= 0.3 is 5.97 Å². The predicted molar refractivity (Wildman–Crippen MR) is 185 cm³/mol. The third-order valence-electron chi connectivity index (χ3n) is 8.17. The van der Waals surface area contributed by atoms with Gasteiger partial charge in [0.15, 0.2) is 0 Å². The summed E-state index contributed by atoms with van der Waals surface area (Å²) in [7, 11) is 0. The normalized spacial score (nSPS) is 12.9. The zero-order valence-corrected chi connectivity index (χ0v) is 27.1. The second kappa shape index (κ2) is 13.2. The van der Waals surface area contributed by atoms with Crippen molar-refractivity contribution in [3.8, 4) is 5.75 Å². The number of nitrogens with one attached hydrogen (secondary N) is 2. The van der Waals surface area contributed by atoms with Crippen LogP contribution >= 0.6 is 0 Å². The van der Waals surface area contributed by atoms with Crippen LogP contribution in [-0.2, 0) is 9.59 Å². The first-order chi connectivity index (χ1) is 23.1. The molecular formula is C35H35N5O9. The van der Waals surface area contributed by atoms with Crippen LogP contribution < -0.4 is 38.6 Å². The van der Waals surface area contributed by atoms with E-state index in [-0.39, 0.29) is 68.9 Å². The zero-order valence-electron chi connectivity index (χ0n) is 27.1. The van der Waals surface area contributed by atoms with Crippen LogP contribution in [0.25, 0.3) is 21.5 Å². The number of nitrogen functional groups attached to an aromatic ring is 1. The van der Waals surface area contributed by atoms with Crippen molar-refractivity contribution in [1.82, 2.24) is 9.13 Å². The number of rotatable bonds is 11. The summed E-state index contributed by atoms with van der Waals surface area (Å²) < 4.78 is 1.43. The summed E-state index contributed by atoms with van der Waals surface area (Å²) in [5.74, 6) is -2.97. The van der Waals surface area contributed by atoms with E-state index in [0.717, 1.165) is 16.7 Å². The molecule has 5 aromatic rings. The Hall–Kier alpha value is -6.05. The number of phenols is 1. The minimum Gasteiger partial charge on any atom is -0.508 e. The van der Waals surface area contributed by atoms with Crippen molar-refractivity contribution in [3.63, 3.8) is 0 Å². The van der Waals surface area contributed by atoms with E-state index in [2.05, 4.69) is 10.6 Å². The van der Waals surface area contributed by atoms with Crippen LogP contribution in [0.3, 0.4) is 0 Å². The number of carboxylic acid groups (broad SMARTS) is 1. The lowest BCUT2D eigenvalue weighted by atomic mass is 10.0. The molecule has 6 N–H and O–H groups in total. The summed E-state index contributed by atoms with van der Waals surface area (Å²) in [6, 6.07) is 9.42. The number of amides is 2. The lowest BCUT2D eigenvalue weighted by Gasteiger charge is -2.19. The van der Waals surface area contributed by atoms with Gasteiger partial charge in [-0.15, -0.1) is 0 Å². The number of anilines is 3. The molecule has 2 heterocycles. The number of aliphatic carboxylic acids is 1. The lowest BCUT2D eigenvalue weighted by Crippen LogP contribution is -2.38. The Bertz CT molecular complexity index is 2250. The largest absolute Gasteiger partial charge is 0.508 e. The molecule has 0 aliphatic heterocycles. The molecular weight excluding hydrogens is 634 g/mol. The quantitative estimate of drug-likeness (QED) is 0.102. The molecule has 2 atom stereocenters. The average molecular weight is 670 g/mol. The first kappa shape index (κ1) is 34.3. The maximum Gasteiger partial charge on any atom is 0.326 e. The molecule has 0 saturated heterocycles. The van der Waals surface area contributed by atoms with Gasteiger partial charge in [-0.2, -0.15) is 0 Å². The second-order valence-electron chi connectivity index (χ2n) is 12.9. The molecule has 3 aromatic carbocycles. The predicted octanol–water partition coefficient (Wildman–Crippen LogP) is 3.35. The summed E-state index contributed by atoms with van der Waals surface area (Å²) in [5.41, 5.74) is 3.29. The van der Waals surface area contributed by atoms with E-state index in [1.54, 1.807) is 27.7 Å². The van der Waals surface area contributed by atoms with Gasteiger partial charge in [-0.1, -0.05) is 27.7 Å². The van der Waals surface area contributed by atoms with Crippen LogP contribution in [0.5, 0.6) is 5.75 Å². The Morgan fingerprint density at radius 3 is 1.61 bits per heavy atom. The summed E-state index contributed by atoms with van der Waals surface area (Å²) in [4.78, 5) is 92.9. The van der Waals surface area contributed by atoms with Gasteiger partial charge in [0.05, 0.1) is 21.5 Å². The first-order valence-corrected chi connectivity index (χ1v) is 15.6. The van der Waals surface area contributed by atoms with Crippen molar-refractivity contribution in [2.75, 3.05) is 16.4 Å². The molecule has 14 heteroatoms. The first-order valence-electron chi connectivity index (χ1n) is 15.6. The Morgan fingerprint density at radius 2 is 1.14 bits per heavy atom. The number of hydrogen-bond donors (Lipinski definition) is 5. The Morgan fingerprint density at radius 1 is 0.673 bits per heavy atom. The maximum atomic E-state index is 13.8. The number of fused-ring (bicyclic) bond motifs is 2. The van der Waals surface area contributed by atoms with Crippen molar-refractivity contribution < 1.29 is 24.6 Å². The minimum absolute atomic E-state index is 0.00972. The molecule has 2 amide bonds. The van der Waals surface area contributed by atoms with Crippen molar-refractivity contribution in [3.05, 3.63) is 102 Å². The van der Waals surface area contributed by atoms with Crippen LogP contribution in [0.15, 0.2) is 73.8 Å². The molecule has 49 heavy (non-hydrogen) atoms. The third kappa shape index (κ3) is 6.70. The standard InChI is InChI=1S/C35H35N5O9/c1-16(2)9-27(30(43)38-21-12-18(11-19(36)13-21)29(42)37-20-5-7-22(41)8-6-20)39-31(44)23-14-25-26(15-24(23)32(39)45)34(47)40(33(25)46)28(35(48)49)10-17(3)4/h5-8,11-17,27-28,41H,9-10,36H2,1-4H3,(H,37,42)(H,38,43)(H,48,49)/t27-,28-/m0/s1. The van der Waals surface area contributed by atoms with Crippen LogP contribution in [0.4, 0.5) is 17.1 Å². The fraction of sp³-hybridized carbons (Fsp3) is 0.286. The number of benzene rings is 3. The molecule has 14 nitrogen and oxygen atoms in total. The topological polar surface area (TPSA) is 220 Å². The van der Waals surface area contributed by atoms with Gasteiger partial charge < -0.3 is 26.6 Å². The molecule has 0 bridgehead atoms. The van der Waals surface area contributed by atoms with E-state index in [1.807, 2.05) is 0 Å². The van der Waals surface area contributed by atoms with Gasteiger partial charge in [-0.3, -0.25) is 37.9 Å². The van der Waals surface area contributed by atoms with E-state index >= 15 is 0 Å². The molecule has 0 fully saturated rings. The number of carbonyl (C=O) groups excluding carboxylic acids is 2. The number of nitrogens with two attached hydrogens (primary N) is 1. The molecule has 0 unspecified atom stereocenters. The number of carboxylic acids is 1. The highest BCUT2D eigenvalue weighted by atomic mass is 16.4. The molecule has 0 saturated carbocycles. The van der Waals surface area contributed by atoms with Crippen molar-refractivity contribution >= 4 is 56.4 Å². The van der Waals surface area contributed by atoms with Crippen molar-refractivity contribution in [2.24, 2.45) is 11.8 Å². The van der Waals surface area contributed by atoms with Crippen LogP contribution in [-0.4, -0.2) is 37.1 Å². The van der Waals surface area contributed by atoms with Crippen LogP contribution in [0.1, 0.15) is 63.0 Å². The fourth-order valence-electron chi connectivity index (χ4n) is 5.95. The summed E-state index contributed by atoms with van der Waals surface area (Å²) in [5, 5.41) is 23.8. The molecule has 0 spiro atoms. The van der Waals surface area contributed by atoms with Gasteiger partial charge in [0.25, 0.3) is 28.1 Å². The Kier molecular flexibility index (Phi) is 9.25. The summed E-state index contributed by atoms with van der Waals surface area (Å²) in [6.45, 7) is 7.09. The average Bonchev–Trinajstić information content (AvgIpc) is 3.41. The van der Waals surface area contributed by atoms with Crippen molar-refractivity contribution in [2.45, 2.75) is 52.6 Å². The molecule has 5 rings (SSSR count). The number of hydrogen-bond acceptors (Lipinski definition) is 9. The maximum absolute atomic E-state index is 13.8. The number of phenolic OH excluding ortho intramolecular Hbond substituents is 1. The second-order valence-corrected chi connectivity index (χ2v) is 12.9. The van der Waals surface area contributed by atoms with Gasteiger partial charge in [-0.25, -0.2) is 4.79 Å². The molecule has 0 aliphatic carbocycles. The van der Waals surface area contributed by atoms with Crippen molar-refractivity contribution in [1.29, 1.82) is 0 Å². The number of aromatic nitrogens is 2. The third-order valence-corrected chi connectivity index (χ3v) is 8.17. The molecule has 254 valence electrons. The van der Waals surface area contributed by atoms with E-state index < -0.39 is 52.1 Å². The Labute approximate surface area is 278 Å². The van der Waals surface area contributed by atoms with E-state index in [9.17, 15) is 43.8 Å². The van der Waals surface area contributed by atoms with Gasteiger partial charge in [0, 0.05) is 22.6 Å². The number of carbonyl (C=O) groups is 3. The van der Waals surface area contributed by atoms with Crippen LogP contribution in [0.2, 0.25) is 0 Å². The van der Waals surface area contributed by atoms with Gasteiger partial charge in [0.1, 0.15) is 17.8 Å². The van der Waals surface area contributed by atoms with Gasteiger partial charge in [0.2, 0.25) is 5.91 Å². The molecule has 0 aliphatic rings. The SMILES string of the molecule is CC(C)C[C@@H](C(=O)O)n1c(=O)c2cc3c(=O)n([C@@H](CC(C)C)C(=O)Nc4cc(N)cc(C(=O)Nc5ccc(O)cc5)c4)c(=O)c3cc2c1=O. The highest BCUT2D eigenvalue weighted by Crippen LogP contribution is 2.25. The van der Waals surface area contributed by atoms with Crippen LogP contribution in [0, 0.1) is 11.8 Å². The summed E-state index contributed by atoms with van der Waals surface area (Å²) >= 11 is 0. The number of nitrogens with zero attached hydrogens (tertiary/aromatic N) is 2. The molecule has 0 radical (unpaired) electrons. The molecule has 2 aromatic heterocycles. The zero-order chi connectivity index (χ0) is 35.9. The van der Waals surface area contributed by atoms with E-state index in [0.29, 0.717) is 10.3 Å². The Balaban J connectivity index is 1.53. The smallest absolute Gasteiger partial charge is 0.326 e. The number of aromatic hydroxyl groups is 1. The lowest BCUT2D eigenvalue weighted by molar-refractivity contribution is -0.141.